The number of carbonyl (C=O) groups excluding carboxylic acids is 1. The van der Waals surface area contributed by atoms with Crippen molar-refractivity contribution in [1.29, 1.82) is 0 Å². The van der Waals surface area contributed by atoms with E-state index < -0.39 is 0 Å². The number of halogens is 1. The predicted octanol–water partition coefficient (Wildman–Crippen LogP) is 4.28. The van der Waals surface area contributed by atoms with Gasteiger partial charge in [-0.15, -0.1) is 0 Å². The molecule has 0 aliphatic carbocycles. The summed E-state index contributed by atoms with van der Waals surface area (Å²) < 4.78 is 17.4. The van der Waals surface area contributed by atoms with E-state index in [1.165, 1.54) is 0 Å². The quantitative estimate of drug-likeness (QED) is 0.730. The Morgan fingerprint density at radius 3 is 2.96 bits per heavy atom. The van der Waals surface area contributed by atoms with Gasteiger partial charge >= 0.3 is 5.97 Å². The standard InChI is InChI=1S/C18H17BrO4/c1-2-21-18(20)11-13-9-14(19)3-5-17(13)23-15-4-6-16-12(10-15)7-8-22-16/h3-6,9-10H,2,7-8,11H2,1H3. The molecule has 1 heterocycles. The highest BCUT2D eigenvalue weighted by Crippen LogP contribution is 2.33. The van der Waals surface area contributed by atoms with Crippen LogP contribution in [0.3, 0.4) is 0 Å². The van der Waals surface area contributed by atoms with Crippen molar-refractivity contribution < 1.29 is 19.0 Å². The van der Waals surface area contributed by atoms with Crippen LogP contribution < -0.4 is 9.47 Å². The van der Waals surface area contributed by atoms with Gasteiger partial charge in [0.1, 0.15) is 17.2 Å². The molecule has 1 aliphatic heterocycles. The molecule has 2 aromatic rings. The van der Waals surface area contributed by atoms with Gasteiger partial charge in [-0.1, -0.05) is 15.9 Å². The van der Waals surface area contributed by atoms with Gasteiger partial charge in [0, 0.05) is 22.0 Å². The third-order valence-electron chi connectivity index (χ3n) is 3.55. The Labute approximate surface area is 143 Å². The van der Waals surface area contributed by atoms with Gasteiger partial charge in [-0.3, -0.25) is 4.79 Å². The number of rotatable bonds is 5. The van der Waals surface area contributed by atoms with Gasteiger partial charge < -0.3 is 14.2 Å². The molecule has 2 aromatic carbocycles. The number of hydrogen-bond acceptors (Lipinski definition) is 4. The van der Waals surface area contributed by atoms with Crippen LogP contribution in [0.2, 0.25) is 0 Å². The molecule has 0 spiro atoms. The average Bonchev–Trinajstić information content (AvgIpc) is 2.98. The highest BCUT2D eigenvalue weighted by Gasteiger charge is 2.15. The zero-order valence-corrected chi connectivity index (χ0v) is 14.4. The zero-order valence-electron chi connectivity index (χ0n) is 12.8. The molecule has 23 heavy (non-hydrogen) atoms. The van der Waals surface area contributed by atoms with E-state index in [4.69, 9.17) is 14.2 Å². The first-order valence-corrected chi connectivity index (χ1v) is 8.32. The van der Waals surface area contributed by atoms with Gasteiger partial charge in [0.2, 0.25) is 0 Å². The van der Waals surface area contributed by atoms with E-state index in [9.17, 15) is 4.79 Å². The van der Waals surface area contributed by atoms with Crippen molar-refractivity contribution >= 4 is 21.9 Å². The Bertz CT molecular complexity index is 727. The van der Waals surface area contributed by atoms with Crippen molar-refractivity contribution in [3.8, 4) is 17.2 Å². The summed E-state index contributed by atoms with van der Waals surface area (Å²) in [6.07, 6.45) is 1.07. The maximum Gasteiger partial charge on any atom is 0.310 e. The number of ether oxygens (including phenoxy) is 3. The number of hydrogen-bond donors (Lipinski definition) is 0. The lowest BCUT2D eigenvalue weighted by molar-refractivity contribution is -0.142. The monoisotopic (exact) mass is 376 g/mol. The molecule has 0 fully saturated rings. The van der Waals surface area contributed by atoms with Crippen LogP contribution in [0.1, 0.15) is 18.1 Å². The smallest absolute Gasteiger partial charge is 0.310 e. The van der Waals surface area contributed by atoms with E-state index >= 15 is 0 Å². The summed E-state index contributed by atoms with van der Waals surface area (Å²) in [5, 5.41) is 0. The van der Waals surface area contributed by atoms with Crippen molar-refractivity contribution in [1.82, 2.24) is 0 Å². The fourth-order valence-corrected chi connectivity index (χ4v) is 2.92. The van der Waals surface area contributed by atoms with E-state index in [1.54, 1.807) is 6.92 Å². The van der Waals surface area contributed by atoms with Crippen LogP contribution in [-0.2, 0) is 22.4 Å². The van der Waals surface area contributed by atoms with Crippen LogP contribution in [0.5, 0.6) is 17.2 Å². The Morgan fingerprint density at radius 2 is 2.13 bits per heavy atom. The summed E-state index contributed by atoms with van der Waals surface area (Å²) in [7, 11) is 0. The Balaban J connectivity index is 1.83. The average molecular weight is 377 g/mol. The molecule has 0 unspecified atom stereocenters. The molecule has 5 heteroatoms. The van der Waals surface area contributed by atoms with E-state index in [1.807, 2.05) is 36.4 Å². The zero-order chi connectivity index (χ0) is 16.2. The number of esters is 1. The van der Waals surface area contributed by atoms with Crippen LogP contribution in [0.15, 0.2) is 40.9 Å². The van der Waals surface area contributed by atoms with Crippen LogP contribution >= 0.6 is 15.9 Å². The maximum atomic E-state index is 11.8. The fourth-order valence-electron chi connectivity index (χ4n) is 2.51. The topological polar surface area (TPSA) is 44.8 Å². The van der Waals surface area contributed by atoms with Crippen LogP contribution in [0, 0.1) is 0 Å². The molecule has 0 N–H and O–H groups in total. The first-order chi connectivity index (χ1) is 11.2. The van der Waals surface area contributed by atoms with E-state index in [2.05, 4.69) is 15.9 Å². The third kappa shape index (κ3) is 3.85. The lowest BCUT2D eigenvalue weighted by Crippen LogP contribution is -2.08. The second-order valence-electron chi connectivity index (χ2n) is 5.20. The van der Waals surface area contributed by atoms with Crippen molar-refractivity contribution in [2.24, 2.45) is 0 Å². The molecule has 120 valence electrons. The highest BCUT2D eigenvalue weighted by molar-refractivity contribution is 9.10. The largest absolute Gasteiger partial charge is 0.493 e. The summed E-state index contributed by atoms with van der Waals surface area (Å²) in [6.45, 7) is 2.88. The molecular formula is C18H17BrO4. The molecule has 0 radical (unpaired) electrons. The minimum atomic E-state index is -0.266. The van der Waals surface area contributed by atoms with Crippen molar-refractivity contribution in [3.63, 3.8) is 0 Å². The minimum absolute atomic E-state index is 0.177. The van der Waals surface area contributed by atoms with Crippen LogP contribution in [-0.4, -0.2) is 19.2 Å². The Hall–Kier alpha value is -2.01. The lowest BCUT2D eigenvalue weighted by Gasteiger charge is -2.12. The first kappa shape index (κ1) is 15.9. The van der Waals surface area contributed by atoms with Gasteiger partial charge in [-0.2, -0.15) is 0 Å². The summed E-state index contributed by atoms with van der Waals surface area (Å²) in [4.78, 5) is 11.8. The van der Waals surface area contributed by atoms with Crippen LogP contribution in [0.25, 0.3) is 0 Å². The van der Waals surface area contributed by atoms with Crippen molar-refractivity contribution in [2.45, 2.75) is 19.8 Å². The molecule has 0 amide bonds. The van der Waals surface area contributed by atoms with Crippen LogP contribution in [0.4, 0.5) is 0 Å². The number of benzene rings is 2. The summed E-state index contributed by atoms with van der Waals surface area (Å²) in [5.74, 6) is 2.04. The summed E-state index contributed by atoms with van der Waals surface area (Å²) in [5.41, 5.74) is 1.93. The maximum absolute atomic E-state index is 11.8. The number of carbonyl (C=O) groups is 1. The summed E-state index contributed by atoms with van der Waals surface area (Å²) >= 11 is 3.43. The molecule has 4 nitrogen and oxygen atoms in total. The molecule has 3 rings (SSSR count). The van der Waals surface area contributed by atoms with Gasteiger partial charge in [0.15, 0.2) is 0 Å². The Kier molecular flexibility index (Phi) is 4.86. The molecule has 0 saturated heterocycles. The highest BCUT2D eigenvalue weighted by atomic mass is 79.9. The van der Waals surface area contributed by atoms with Gasteiger partial charge in [-0.05, 0) is 43.3 Å². The predicted molar refractivity (Wildman–Crippen MR) is 90.2 cm³/mol. The van der Waals surface area contributed by atoms with E-state index in [0.717, 1.165) is 33.5 Å². The SMILES string of the molecule is CCOC(=O)Cc1cc(Br)ccc1Oc1ccc2c(c1)CCO2. The minimum Gasteiger partial charge on any atom is -0.493 e. The summed E-state index contributed by atoms with van der Waals surface area (Å²) in [6, 6.07) is 11.4. The molecule has 0 atom stereocenters. The van der Waals surface area contributed by atoms with Gasteiger partial charge in [-0.25, -0.2) is 0 Å². The first-order valence-electron chi connectivity index (χ1n) is 7.53. The van der Waals surface area contributed by atoms with E-state index in [-0.39, 0.29) is 12.4 Å². The molecule has 0 saturated carbocycles. The molecule has 0 aromatic heterocycles. The van der Waals surface area contributed by atoms with Crippen molar-refractivity contribution in [3.05, 3.63) is 52.0 Å². The normalized spacial score (nSPS) is 12.4. The van der Waals surface area contributed by atoms with E-state index in [0.29, 0.717) is 19.0 Å². The third-order valence-corrected chi connectivity index (χ3v) is 4.04. The molecular weight excluding hydrogens is 360 g/mol. The Morgan fingerprint density at radius 1 is 1.26 bits per heavy atom. The lowest BCUT2D eigenvalue weighted by atomic mass is 10.1. The second-order valence-corrected chi connectivity index (χ2v) is 6.12. The molecule has 0 bridgehead atoms. The number of fused-ring (bicyclic) bond motifs is 1. The second kappa shape index (κ2) is 7.04. The fraction of sp³-hybridized carbons (Fsp3) is 0.278. The molecule has 1 aliphatic rings. The van der Waals surface area contributed by atoms with Gasteiger partial charge in [0.25, 0.3) is 0 Å². The van der Waals surface area contributed by atoms with Gasteiger partial charge in [0.05, 0.1) is 19.6 Å². The van der Waals surface area contributed by atoms with Crippen molar-refractivity contribution in [2.75, 3.05) is 13.2 Å².